The Morgan fingerprint density at radius 1 is 1.38 bits per heavy atom. The molecule has 2 rings (SSSR count). The number of morpholine rings is 1. The molecule has 4 nitrogen and oxygen atoms in total. The molecule has 1 amide bonds. The average molecular weight is 287 g/mol. The summed E-state index contributed by atoms with van der Waals surface area (Å²) in [4.78, 5) is 26.6. The third-order valence-electron chi connectivity index (χ3n) is 4.00. The van der Waals surface area contributed by atoms with Crippen LogP contribution in [-0.2, 0) is 14.3 Å². The number of amides is 1. The molecule has 4 heteroatoms. The van der Waals surface area contributed by atoms with Crippen LogP contribution in [-0.4, -0.2) is 28.4 Å². The zero-order valence-corrected chi connectivity index (χ0v) is 12.7. The lowest BCUT2D eigenvalue weighted by molar-refractivity contribution is -0.192. The van der Waals surface area contributed by atoms with E-state index in [2.05, 4.69) is 6.58 Å². The van der Waals surface area contributed by atoms with Gasteiger partial charge in [-0.15, -0.1) is 6.58 Å². The lowest BCUT2D eigenvalue weighted by atomic mass is 9.94. The van der Waals surface area contributed by atoms with E-state index in [4.69, 9.17) is 4.74 Å². The number of esters is 1. The van der Waals surface area contributed by atoms with Gasteiger partial charge in [0, 0.05) is 6.42 Å². The summed E-state index contributed by atoms with van der Waals surface area (Å²) in [6.07, 6.45) is 1.91. The van der Waals surface area contributed by atoms with Gasteiger partial charge < -0.3 is 9.64 Å². The smallest absolute Gasteiger partial charge is 0.329 e. The molecule has 1 fully saturated rings. The number of carbonyl (C=O) groups excluding carboxylic acids is 2. The average Bonchev–Trinajstić information content (AvgIpc) is 2.46. The third-order valence-corrected chi connectivity index (χ3v) is 4.00. The molecule has 1 aromatic carbocycles. The first kappa shape index (κ1) is 15.3. The van der Waals surface area contributed by atoms with E-state index in [9.17, 15) is 9.59 Å². The molecule has 0 aromatic heterocycles. The lowest BCUT2D eigenvalue weighted by Crippen LogP contribution is -2.61. The van der Waals surface area contributed by atoms with E-state index in [1.807, 2.05) is 37.3 Å². The molecule has 0 N–H and O–H groups in total. The highest BCUT2D eigenvalue weighted by molar-refractivity contribution is 5.95. The second-order valence-corrected chi connectivity index (χ2v) is 5.62. The quantitative estimate of drug-likeness (QED) is 0.632. The maximum Gasteiger partial charge on any atom is 0.329 e. The van der Waals surface area contributed by atoms with Crippen LogP contribution >= 0.6 is 0 Å². The molecule has 0 aliphatic carbocycles. The Balaban J connectivity index is 2.37. The van der Waals surface area contributed by atoms with E-state index in [0.29, 0.717) is 6.42 Å². The second-order valence-electron chi connectivity index (χ2n) is 5.62. The van der Waals surface area contributed by atoms with Gasteiger partial charge in [0.1, 0.15) is 6.04 Å². The normalized spacial score (nSPS) is 27.2. The summed E-state index contributed by atoms with van der Waals surface area (Å²) in [5.41, 5.74) is -0.165. The number of benzene rings is 1. The van der Waals surface area contributed by atoms with Crippen molar-refractivity contribution in [2.75, 3.05) is 0 Å². The van der Waals surface area contributed by atoms with Gasteiger partial charge in [0.2, 0.25) is 0 Å². The van der Waals surface area contributed by atoms with E-state index in [-0.39, 0.29) is 17.9 Å². The van der Waals surface area contributed by atoms with Crippen LogP contribution in [0.2, 0.25) is 0 Å². The van der Waals surface area contributed by atoms with Gasteiger partial charge in [0.05, 0.1) is 6.04 Å². The molecule has 1 aliphatic heterocycles. The summed E-state index contributed by atoms with van der Waals surface area (Å²) >= 11 is 0. The van der Waals surface area contributed by atoms with Crippen LogP contribution in [0, 0.1) is 0 Å². The highest BCUT2D eigenvalue weighted by atomic mass is 16.6. The zero-order valence-electron chi connectivity index (χ0n) is 12.7. The number of rotatable bonds is 4. The summed E-state index contributed by atoms with van der Waals surface area (Å²) < 4.78 is 5.35. The fourth-order valence-electron chi connectivity index (χ4n) is 2.72. The number of carbonyl (C=O) groups is 2. The summed E-state index contributed by atoms with van der Waals surface area (Å²) in [5.74, 6) is -0.549. The molecule has 21 heavy (non-hydrogen) atoms. The fraction of sp³-hybridized carbons (Fsp3) is 0.412. The van der Waals surface area contributed by atoms with E-state index < -0.39 is 11.6 Å². The minimum absolute atomic E-state index is 0.175. The molecule has 0 unspecified atom stereocenters. The SMILES string of the molecule is C=CC[C@]1(C)OC(=O)[C@@H](C)N([C@@H](C)c2ccccc2)C1=O. The highest BCUT2D eigenvalue weighted by Crippen LogP contribution is 2.33. The van der Waals surface area contributed by atoms with E-state index in [1.165, 1.54) is 0 Å². The Morgan fingerprint density at radius 2 is 2.00 bits per heavy atom. The first-order chi connectivity index (χ1) is 9.90. The van der Waals surface area contributed by atoms with Gasteiger partial charge >= 0.3 is 5.97 Å². The number of hydrogen-bond donors (Lipinski definition) is 0. The standard InChI is InChI=1S/C17H21NO3/c1-5-11-17(4)16(20)18(13(3)15(19)21-17)12(2)14-9-7-6-8-10-14/h5-10,12-13H,1,11H2,2-4H3/t12-,13+,17-/m0/s1. The van der Waals surface area contributed by atoms with Gasteiger partial charge in [0.15, 0.2) is 5.60 Å². The predicted octanol–water partition coefficient (Wildman–Crippen LogP) is 2.86. The lowest BCUT2D eigenvalue weighted by Gasteiger charge is -2.44. The number of hydrogen-bond acceptors (Lipinski definition) is 3. The number of ether oxygens (including phenoxy) is 1. The maximum absolute atomic E-state index is 12.8. The molecule has 1 aliphatic rings. The molecule has 0 saturated carbocycles. The van der Waals surface area contributed by atoms with E-state index in [0.717, 1.165) is 5.56 Å². The molecular formula is C17H21NO3. The summed E-state index contributed by atoms with van der Waals surface area (Å²) in [5, 5.41) is 0. The van der Waals surface area contributed by atoms with Crippen molar-refractivity contribution in [1.82, 2.24) is 4.90 Å². The number of nitrogens with zero attached hydrogens (tertiary/aromatic N) is 1. The van der Waals surface area contributed by atoms with Crippen molar-refractivity contribution in [2.45, 2.75) is 44.9 Å². The van der Waals surface area contributed by atoms with Gasteiger partial charge in [0.25, 0.3) is 5.91 Å². The van der Waals surface area contributed by atoms with Crippen molar-refractivity contribution >= 4 is 11.9 Å². The van der Waals surface area contributed by atoms with Crippen molar-refractivity contribution < 1.29 is 14.3 Å². The van der Waals surface area contributed by atoms with Crippen LogP contribution < -0.4 is 0 Å². The van der Waals surface area contributed by atoms with Crippen LogP contribution in [0.25, 0.3) is 0 Å². The Morgan fingerprint density at radius 3 is 2.57 bits per heavy atom. The van der Waals surface area contributed by atoms with Crippen LogP contribution in [0.5, 0.6) is 0 Å². The minimum atomic E-state index is -1.16. The Kier molecular flexibility index (Phi) is 4.16. The zero-order chi connectivity index (χ0) is 15.6. The summed E-state index contributed by atoms with van der Waals surface area (Å²) in [6, 6.07) is 8.90. The van der Waals surface area contributed by atoms with Gasteiger partial charge in [-0.05, 0) is 26.3 Å². The van der Waals surface area contributed by atoms with Crippen molar-refractivity contribution in [3.05, 3.63) is 48.6 Å². The predicted molar refractivity (Wildman–Crippen MR) is 80.5 cm³/mol. The monoisotopic (exact) mass is 287 g/mol. The molecular weight excluding hydrogens is 266 g/mol. The van der Waals surface area contributed by atoms with Crippen LogP contribution in [0.15, 0.2) is 43.0 Å². The van der Waals surface area contributed by atoms with Crippen molar-refractivity contribution in [1.29, 1.82) is 0 Å². The molecule has 0 spiro atoms. The molecule has 112 valence electrons. The Hall–Kier alpha value is -2.10. The molecule has 0 bridgehead atoms. The van der Waals surface area contributed by atoms with E-state index in [1.54, 1.807) is 24.8 Å². The largest absolute Gasteiger partial charge is 0.447 e. The molecule has 0 radical (unpaired) electrons. The van der Waals surface area contributed by atoms with Gasteiger partial charge in [-0.1, -0.05) is 36.4 Å². The first-order valence-corrected chi connectivity index (χ1v) is 7.12. The van der Waals surface area contributed by atoms with Crippen molar-refractivity contribution in [2.24, 2.45) is 0 Å². The third kappa shape index (κ3) is 2.71. The van der Waals surface area contributed by atoms with Crippen molar-refractivity contribution in [3.63, 3.8) is 0 Å². The van der Waals surface area contributed by atoms with Gasteiger partial charge in [-0.2, -0.15) is 0 Å². The number of cyclic esters (lactones) is 1. The van der Waals surface area contributed by atoms with Crippen LogP contribution in [0.4, 0.5) is 0 Å². The van der Waals surface area contributed by atoms with Gasteiger partial charge in [-0.3, -0.25) is 4.79 Å². The van der Waals surface area contributed by atoms with Crippen molar-refractivity contribution in [3.8, 4) is 0 Å². The molecule has 1 heterocycles. The maximum atomic E-state index is 12.8. The van der Waals surface area contributed by atoms with E-state index >= 15 is 0 Å². The minimum Gasteiger partial charge on any atom is -0.447 e. The molecule has 1 saturated heterocycles. The first-order valence-electron chi connectivity index (χ1n) is 7.12. The fourth-order valence-corrected chi connectivity index (χ4v) is 2.72. The highest BCUT2D eigenvalue weighted by Gasteiger charge is 2.49. The summed E-state index contributed by atoms with van der Waals surface area (Å²) in [6.45, 7) is 8.92. The Labute approximate surface area is 125 Å². The molecule has 1 aromatic rings. The molecule has 3 atom stereocenters. The van der Waals surface area contributed by atoms with Crippen LogP contribution in [0.1, 0.15) is 38.8 Å². The van der Waals surface area contributed by atoms with Gasteiger partial charge in [-0.25, -0.2) is 4.79 Å². The topological polar surface area (TPSA) is 46.6 Å². The summed E-state index contributed by atoms with van der Waals surface area (Å²) in [7, 11) is 0. The van der Waals surface area contributed by atoms with Crippen LogP contribution in [0.3, 0.4) is 0 Å². The Bertz CT molecular complexity index is 554. The second kappa shape index (κ2) is 5.72.